The number of rotatable bonds is 8. The van der Waals surface area contributed by atoms with Gasteiger partial charge in [-0.25, -0.2) is 4.98 Å². The molecule has 0 unspecified atom stereocenters. The minimum Gasteiger partial charge on any atom is -0.493 e. The van der Waals surface area contributed by atoms with Crippen molar-refractivity contribution in [1.29, 1.82) is 0 Å². The molecular formula is C27H32N4O4. The predicted octanol–water partition coefficient (Wildman–Crippen LogP) is 3.64. The normalized spacial score (nSPS) is 15.6. The summed E-state index contributed by atoms with van der Waals surface area (Å²) in [6, 6.07) is 11.5. The van der Waals surface area contributed by atoms with E-state index in [2.05, 4.69) is 40.8 Å². The van der Waals surface area contributed by atoms with E-state index in [0.29, 0.717) is 41.3 Å². The zero-order valence-corrected chi connectivity index (χ0v) is 21.1. The summed E-state index contributed by atoms with van der Waals surface area (Å²) in [5.41, 5.74) is 3.29. The number of fused-ring (bicyclic) bond motifs is 2. The molecule has 8 heteroatoms. The van der Waals surface area contributed by atoms with Crippen molar-refractivity contribution in [2.75, 3.05) is 39.3 Å². The van der Waals surface area contributed by atoms with E-state index >= 15 is 0 Å². The van der Waals surface area contributed by atoms with Gasteiger partial charge in [0.1, 0.15) is 5.82 Å². The lowest BCUT2D eigenvalue weighted by Crippen LogP contribution is -2.31. The SMILES string of the molecule is CCN(CC(=O)/C=C1/N(C)c2ccccc2C1(C)C)Cc1nc2cc(OC)c(OC)cc2c(=O)[nH]1. The number of ether oxygens (including phenoxy) is 2. The number of likely N-dealkylation sites (N-methyl/N-ethyl adjacent to an activating group) is 2. The number of H-pyrrole nitrogens is 1. The lowest BCUT2D eigenvalue weighted by Gasteiger charge is -2.24. The number of ketones is 1. The topological polar surface area (TPSA) is 87.8 Å². The van der Waals surface area contributed by atoms with Crippen molar-refractivity contribution in [3.63, 3.8) is 0 Å². The van der Waals surface area contributed by atoms with Crippen molar-refractivity contribution < 1.29 is 14.3 Å². The van der Waals surface area contributed by atoms with E-state index in [4.69, 9.17) is 9.47 Å². The van der Waals surface area contributed by atoms with E-state index < -0.39 is 0 Å². The highest BCUT2D eigenvalue weighted by Crippen LogP contribution is 2.46. The summed E-state index contributed by atoms with van der Waals surface area (Å²) in [4.78, 5) is 37.3. The number of hydrogen-bond acceptors (Lipinski definition) is 7. The number of anilines is 1. The molecule has 0 saturated heterocycles. The zero-order valence-electron chi connectivity index (χ0n) is 21.1. The minimum absolute atomic E-state index is 0.00382. The molecule has 2 heterocycles. The van der Waals surface area contributed by atoms with Gasteiger partial charge >= 0.3 is 0 Å². The monoisotopic (exact) mass is 476 g/mol. The van der Waals surface area contributed by atoms with Gasteiger partial charge in [-0.15, -0.1) is 0 Å². The molecule has 1 aromatic heterocycles. The number of benzene rings is 2. The van der Waals surface area contributed by atoms with E-state index in [0.717, 1.165) is 11.4 Å². The Kier molecular flexibility index (Phi) is 6.67. The van der Waals surface area contributed by atoms with Crippen LogP contribution in [-0.2, 0) is 16.8 Å². The standard InChI is InChI=1S/C27H32N4O4/c1-7-31(15-17(32)12-24-27(2,3)19-10-8-9-11-21(19)30(24)4)16-25-28-20-14-23(35-6)22(34-5)13-18(20)26(33)29-25/h8-14H,7,15-16H2,1-6H3,(H,28,29,33)/b24-12+. The Morgan fingerprint density at radius 3 is 2.51 bits per heavy atom. The van der Waals surface area contributed by atoms with Gasteiger partial charge < -0.3 is 19.4 Å². The molecule has 0 bridgehead atoms. The van der Waals surface area contributed by atoms with Crippen molar-refractivity contribution in [3.8, 4) is 11.5 Å². The zero-order chi connectivity index (χ0) is 25.3. The van der Waals surface area contributed by atoms with Crippen molar-refractivity contribution in [2.45, 2.75) is 32.7 Å². The summed E-state index contributed by atoms with van der Waals surface area (Å²) in [5, 5.41) is 0.418. The van der Waals surface area contributed by atoms with E-state index in [1.165, 1.54) is 19.8 Å². The number of carbonyl (C=O) groups excluding carboxylic acids is 1. The Morgan fingerprint density at radius 1 is 1.17 bits per heavy atom. The molecule has 0 spiro atoms. The molecule has 2 aromatic carbocycles. The molecule has 3 aromatic rings. The molecule has 0 saturated carbocycles. The summed E-state index contributed by atoms with van der Waals surface area (Å²) in [7, 11) is 5.06. The number of hydrogen-bond donors (Lipinski definition) is 1. The number of nitrogens with one attached hydrogen (secondary N) is 1. The minimum atomic E-state index is -0.262. The quantitative estimate of drug-likeness (QED) is 0.497. The first-order valence-corrected chi connectivity index (χ1v) is 11.6. The van der Waals surface area contributed by atoms with Crippen LogP contribution >= 0.6 is 0 Å². The van der Waals surface area contributed by atoms with Gasteiger partial charge in [-0.05, 0) is 24.2 Å². The number of aromatic amines is 1. The van der Waals surface area contributed by atoms with Gasteiger partial charge in [-0.2, -0.15) is 0 Å². The Bertz CT molecular complexity index is 1360. The molecule has 1 N–H and O–H groups in total. The molecule has 8 nitrogen and oxygen atoms in total. The second-order valence-electron chi connectivity index (χ2n) is 9.24. The van der Waals surface area contributed by atoms with Gasteiger partial charge in [-0.3, -0.25) is 14.5 Å². The maximum atomic E-state index is 13.1. The summed E-state index contributed by atoms with van der Waals surface area (Å²) < 4.78 is 10.6. The highest BCUT2D eigenvalue weighted by atomic mass is 16.5. The molecule has 35 heavy (non-hydrogen) atoms. The fraction of sp³-hybridized carbons (Fsp3) is 0.370. The average Bonchev–Trinajstić information content (AvgIpc) is 3.03. The third kappa shape index (κ3) is 4.53. The molecule has 0 radical (unpaired) electrons. The van der Waals surface area contributed by atoms with Crippen LogP contribution in [0.5, 0.6) is 11.5 Å². The number of methoxy groups -OCH3 is 2. The molecule has 0 amide bonds. The Labute approximate surface area is 205 Å². The first-order chi connectivity index (χ1) is 16.7. The lowest BCUT2D eigenvalue weighted by molar-refractivity contribution is -0.115. The van der Waals surface area contributed by atoms with E-state index in [1.54, 1.807) is 18.2 Å². The van der Waals surface area contributed by atoms with Crippen LogP contribution in [0.25, 0.3) is 10.9 Å². The third-order valence-electron chi connectivity index (χ3n) is 6.70. The van der Waals surface area contributed by atoms with Crippen LogP contribution in [0.2, 0.25) is 0 Å². The van der Waals surface area contributed by atoms with Gasteiger partial charge in [0.25, 0.3) is 5.56 Å². The highest BCUT2D eigenvalue weighted by Gasteiger charge is 2.38. The van der Waals surface area contributed by atoms with Crippen LogP contribution in [0.15, 0.2) is 53.0 Å². The van der Waals surface area contributed by atoms with Gasteiger partial charge in [0.2, 0.25) is 0 Å². The Morgan fingerprint density at radius 2 is 1.86 bits per heavy atom. The Balaban J connectivity index is 1.56. The molecule has 184 valence electrons. The molecule has 0 fully saturated rings. The third-order valence-corrected chi connectivity index (χ3v) is 6.70. The van der Waals surface area contributed by atoms with Gasteiger partial charge in [0.05, 0.1) is 38.2 Å². The van der Waals surface area contributed by atoms with Crippen LogP contribution in [0.4, 0.5) is 5.69 Å². The summed E-state index contributed by atoms with van der Waals surface area (Å²) in [6.07, 6.45) is 1.75. The number of nitrogens with zero attached hydrogens (tertiary/aromatic N) is 3. The largest absolute Gasteiger partial charge is 0.493 e. The van der Waals surface area contributed by atoms with Gasteiger partial charge in [0.15, 0.2) is 17.3 Å². The van der Waals surface area contributed by atoms with Gasteiger partial charge in [0, 0.05) is 36.0 Å². The van der Waals surface area contributed by atoms with Crippen LogP contribution in [0.3, 0.4) is 0 Å². The van der Waals surface area contributed by atoms with Crippen LogP contribution in [0, 0.1) is 0 Å². The summed E-state index contributed by atoms with van der Waals surface area (Å²) in [6.45, 7) is 7.44. The van der Waals surface area contributed by atoms with Crippen LogP contribution in [-0.4, -0.2) is 55.0 Å². The number of allylic oxidation sites excluding steroid dienone is 1. The van der Waals surface area contributed by atoms with Crippen molar-refractivity contribution in [3.05, 3.63) is 69.9 Å². The second kappa shape index (κ2) is 9.54. The maximum Gasteiger partial charge on any atom is 0.258 e. The molecule has 1 aliphatic heterocycles. The first kappa shape index (κ1) is 24.5. The van der Waals surface area contributed by atoms with Gasteiger partial charge in [-0.1, -0.05) is 39.0 Å². The molecular weight excluding hydrogens is 444 g/mol. The molecule has 0 atom stereocenters. The van der Waals surface area contributed by atoms with E-state index in [9.17, 15) is 9.59 Å². The Hall–Kier alpha value is -3.65. The number of carbonyl (C=O) groups is 1. The number of para-hydroxylation sites is 1. The maximum absolute atomic E-state index is 13.1. The summed E-state index contributed by atoms with van der Waals surface area (Å²) in [5.74, 6) is 1.46. The van der Waals surface area contributed by atoms with Crippen LogP contribution in [0.1, 0.15) is 32.2 Å². The fourth-order valence-electron chi connectivity index (χ4n) is 4.76. The fourth-order valence-corrected chi connectivity index (χ4v) is 4.76. The smallest absolute Gasteiger partial charge is 0.258 e. The molecule has 0 aliphatic carbocycles. The average molecular weight is 477 g/mol. The number of aromatic nitrogens is 2. The van der Waals surface area contributed by atoms with Crippen molar-refractivity contribution in [1.82, 2.24) is 14.9 Å². The molecule has 4 rings (SSSR count). The van der Waals surface area contributed by atoms with Crippen molar-refractivity contribution >= 4 is 22.4 Å². The lowest BCUT2D eigenvalue weighted by atomic mass is 9.83. The predicted molar refractivity (Wildman–Crippen MR) is 137 cm³/mol. The van der Waals surface area contributed by atoms with E-state index in [-0.39, 0.29) is 23.3 Å². The highest BCUT2D eigenvalue weighted by molar-refractivity contribution is 5.94. The first-order valence-electron chi connectivity index (χ1n) is 11.6. The van der Waals surface area contributed by atoms with Crippen molar-refractivity contribution in [2.24, 2.45) is 0 Å². The van der Waals surface area contributed by atoms with Crippen LogP contribution < -0.4 is 19.9 Å². The second-order valence-corrected chi connectivity index (χ2v) is 9.24. The van der Waals surface area contributed by atoms with E-state index in [1.807, 2.05) is 31.0 Å². The summed E-state index contributed by atoms with van der Waals surface area (Å²) >= 11 is 0. The molecule has 1 aliphatic rings.